The highest BCUT2D eigenvalue weighted by Crippen LogP contribution is 2.35. The molecule has 96 valence electrons. The van der Waals surface area contributed by atoms with E-state index in [-0.39, 0.29) is 12.3 Å². The lowest BCUT2D eigenvalue weighted by atomic mass is 10.3. The molecule has 0 aliphatic heterocycles. The molecule has 16 heavy (non-hydrogen) atoms. The number of carbonyl (C=O) groups is 1. The summed E-state index contributed by atoms with van der Waals surface area (Å²) in [7, 11) is 0. The number of ether oxygens (including phenoxy) is 1. The first-order valence-corrected chi connectivity index (χ1v) is 4.51. The van der Waals surface area contributed by atoms with Crippen molar-refractivity contribution >= 4 is 17.6 Å². The molecule has 0 spiro atoms. The van der Waals surface area contributed by atoms with Gasteiger partial charge in [-0.15, -0.1) is 11.6 Å². The Bertz CT molecular complexity index is 222. The Kier molecular flexibility index (Phi) is 5.37. The van der Waals surface area contributed by atoms with E-state index in [1.807, 2.05) is 0 Å². The lowest BCUT2D eigenvalue weighted by molar-refractivity contribution is -0.313. The topological polar surface area (TPSA) is 26.3 Å². The van der Waals surface area contributed by atoms with Crippen LogP contribution < -0.4 is 0 Å². The SMILES string of the molecule is O=C(CCCCl)OC(C(F)(F)F)C(F)(F)F. The van der Waals surface area contributed by atoms with Gasteiger partial charge in [0, 0.05) is 12.3 Å². The average Bonchev–Trinajstić information content (AvgIpc) is 2.07. The van der Waals surface area contributed by atoms with E-state index in [1.54, 1.807) is 0 Å². The van der Waals surface area contributed by atoms with Crippen molar-refractivity contribution in [2.75, 3.05) is 5.88 Å². The Morgan fingerprint density at radius 1 is 1.12 bits per heavy atom. The van der Waals surface area contributed by atoms with Crippen LogP contribution in [0.2, 0.25) is 0 Å². The normalized spacial score (nSPS) is 13.0. The monoisotopic (exact) mass is 272 g/mol. The third kappa shape index (κ3) is 5.43. The van der Waals surface area contributed by atoms with Gasteiger partial charge in [0.05, 0.1) is 0 Å². The minimum absolute atomic E-state index is 0.0528. The number of esters is 1. The van der Waals surface area contributed by atoms with Crippen molar-refractivity contribution in [2.24, 2.45) is 0 Å². The summed E-state index contributed by atoms with van der Waals surface area (Å²) in [5.41, 5.74) is 0. The summed E-state index contributed by atoms with van der Waals surface area (Å²) in [5.74, 6) is -1.64. The standard InChI is InChI=1S/C7H7ClF6O2/c8-3-1-2-4(15)16-5(6(9,10)11)7(12,13)14/h5H,1-3H2. The number of hydrogen-bond donors (Lipinski definition) is 0. The molecule has 0 atom stereocenters. The quantitative estimate of drug-likeness (QED) is 0.447. The van der Waals surface area contributed by atoms with Crippen molar-refractivity contribution in [3.63, 3.8) is 0 Å². The van der Waals surface area contributed by atoms with Gasteiger partial charge in [0.1, 0.15) is 0 Å². The zero-order valence-electron chi connectivity index (χ0n) is 7.66. The summed E-state index contributed by atoms with van der Waals surface area (Å²) < 4.78 is 74.6. The van der Waals surface area contributed by atoms with Crippen LogP contribution >= 0.6 is 11.6 Å². The van der Waals surface area contributed by atoms with Crippen LogP contribution in [0.5, 0.6) is 0 Å². The zero-order chi connectivity index (χ0) is 13.0. The molecule has 0 fully saturated rings. The van der Waals surface area contributed by atoms with E-state index in [1.165, 1.54) is 0 Å². The minimum atomic E-state index is -5.67. The first-order valence-electron chi connectivity index (χ1n) is 3.98. The molecular formula is C7H7ClF6O2. The molecule has 0 unspecified atom stereocenters. The highest BCUT2D eigenvalue weighted by Gasteiger charge is 2.59. The van der Waals surface area contributed by atoms with Gasteiger partial charge in [-0.2, -0.15) is 26.3 Å². The molecule has 0 saturated heterocycles. The molecule has 0 aliphatic rings. The molecule has 0 aromatic rings. The molecule has 0 heterocycles. The minimum Gasteiger partial charge on any atom is -0.443 e. The van der Waals surface area contributed by atoms with Gasteiger partial charge in [0.15, 0.2) is 0 Å². The van der Waals surface area contributed by atoms with Gasteiger partial charge >= 0.3 is 18.3 Å². The molecule has 9 heteroatoms. The second-order valence-corrected chi connectivity index (χ2v) is 3.12. The number of carbonyl (C=O) groups excluding carboxylic acids is 1. The Morgan fingerprint density at radius 2 is 1.56 bits per heavy atom. The van der Waals surface area contributed by atoms with Gasteiger partial charge in [0.25, 0.3) is 6.10 Å². The van der Waals surface area contributed by atoms with Gasteiger partial charge in [0.2, 0.25) is 0 Å². The van der Waals surface area contributed by atoms with E-state index < -0.39 is 30.8 Å². The zero-order valence-corrected chi connectivity index (χ0v) is 8.42. The van der Waals surface area contributed by atoms with E-state index in [0.29, 0.717) is 0 Å². The first-order chi connectivity index (χ1) is 7.09. The average molecular weight is 273 g/mol. The first kappa shape index (κ1) is 15.3. The smallest absolute Gasteiger partial charge is 0.434 e. The Hall–Kier alpha value is -0.660. The molecule has 0 rings (SSSR count). The molecular weight excluding hydrogens is 266 g/mol. The van der Waals surface area contributed by atoms with Crippen LogP contribution in [0.4, 0.5) is 26.3 Å². The molecule has 0 aromatic carbocycles. The van der Waals surface area contributed by atoms with Crippen LogP contribution in [-0.2, 0) is 9.53 Å². The summed E-state index contributed by atoms with van der Waals surface area (Å²) in [4.78, 5) is 10.6. The summed E-state index contributed by atoms with van der Waals surface area (Å²) in [5, 5.41) is 0. The largest absolute Gasteiger partial charge is 0.443 e. The fourth-order valence-electron chi connectivity index (χ4n) is 0.721. The maximum atomic E-state index is 11.9. The van der Waals surface area contributed by atoms with Crippen molar-refractivity contribution in [1.82, 2.24) is 0 Å². The van der Waals surface area contributed by atoms with Crippen molar-refractivity contribution in [3.05, 3.63) is 0 Å². The van der Waals surface area contributed by atoms with E-state index >= 15 is 0 Å². The van der Waals surface area contributed by atoms with E-state index in [2.05, 4.69) is 4.74 Å². The van der Waals surface area contributed by atoms with Gasteiger partial charge in [-0.1, -0.05) is 0 Å². The summed E-state index contributed by atoms with van der Waals surface area (Å²) in [6.07, 6.45) is -16.1. The van der Waals surface area contributed by atoms with Gasteiger partial charge in [-0.3, -0.25) is 4.79 Å². The van der Waals surface area contributed by atoms with Gasteiger partial charge in [-0.05, 0) is 6.42 Å². The summed E-state index contributed by atoms with van der Waals surface area (Å²) >= 11 is 5.11. The highest BCUT2D eigenvalue weighted by atomic mass is 35.5. The van der Waals surface area contributed by atoms with Gasteiger partial charge < -0.3 is 4.74 Å². The molecule has 0 amide bonds. The lowest BCUT2D eigenvalue weighted by Crippen LogP contribution is -2.45. The van der Waals surface area contributed by atoms with E-state index in [9.17, 15) is 31.1 Å². The third-order valence-corrected chi connectivity index (χ3v) is 1.63. The van der Waals surface area contributed by atoms with Crippen molar-refractivity contribution in [2.45, 2.75) is 31.3 Å². The van der Waals surface area contributed by atoms with Crippen LogP contribution in [0.25, 0.3) is 0 Å². The van der Waals surface area contributed by atoms with Gasteiger partial charge in [-0.25, -0.2) is 0 Å². The molecule has 0 N–H and O–H groups in total. The molecule has 0 bridgehead atoms. The van der Waals surface area contributed by atoms with Crippen LogP contribution in [-0.4, -0.2) is 30.3 Å². The third-order valence-electron chi connectivity index (χ3n) is 1.36. The highest BCUT2D eigenvalue weighted by molar-refractivity contribution is 6.17. The maximum Gasteiger partial charge on any atom is 0.434 e. The van der Waals surface area contributed by atoms with Crippen LogP contribution in [0.1, 0.15) is 12.8 Å². The lowest BCUT2D eigenvalue weighted by Gasteiger charge is -2.22. The molecule has 0 radical (unpaired) electrons. The second kappa shape index (κ2) is 5.60. The van der Waals surface area contributed by atoms with Crippen LogP contribution in [0, 0.1) is 0 Å². The molecule has 0 aliphatic carbocycles. The van der Waals surface area contributed by atoms with Crippen molar-refractivity contribution < 1.29 is 35.9 Å². The molecule has 0 aromatic heterocycles. The summed E-state index contributed by atoms with van der Waals surface area (Å²) in [6, 6.07) is 0. The number of alkyl halides is 7. The van der Waals surface area contributed by atoms with Crippen LogP contribution in [0.15, 0.2) is 0 Å². The van der Waals surface area contributed by atoms with E-state index in [4.69, 9.17) is 11.6 Å². The fourth-order valence-corrected chi connectivity index (χ4v) is 0.854. The second-order valence-electron chi connectivity index (χ2n) is 2.75. The van der Waals surface area contributed by atoms with Crippen molar-refractivity contribution in [1.29, 1.82) is 0 Å². The van der Waals surface area contributed by atoms with E-state index in [0.717, 1.165) is 0 Å². The Labute approximate surface area is 91.5 Å². The molecule has 0 saturated carbocycles. The Morgan fingerprint density at radius 3 is 1.88 bits per heavy atom. The summed E-state index contributed by atoms with van der Waals surface area (Å²) in [6.45, 7) is 0. The number of halogens is 7. The fraction of sp³-hybridized carbons (Fsp3) is 0.857. The van der Waals surface area contributed by atoms with Crippen molar-refractivity contribution in [3.8, 4) is 0 Å². The van der Waals surface area contributed by atoms with Crippen LogP contribution in [0.3, 0.4) is 0 Å². The number of hydrogen-bond acceptors (Lipinski definition) is 2. The Balaban J connectivity index is 4.52. The predicted molar refractivity (Wildman–Crippen MR) is 41.9 cm³/mol. The maximum absolute atomic E-state index is 11.9. The molecule has 2 nitrogen and oxygen atoms in total. The number of rotatable bonds is 4. The predicted octanol–water partition coefficient (Wildman–Crippen LogP) is 3.04.